The first-order valence-electron chi connectivity index (χ1n) is 5.83. The molecule has 0 aromatic heterocycles. The molecule has 2 N–H and O–H groups in total. The molecule has 0 fully saturated rings. The highest BCUT2D eigenvalue weighted by atomic mass is 35.5. The molecule has 0 aliphatic heterocycles. The number of halogens is 3. The van der Waals surface area contributed by atoms with Crippen LogP contribution in [0.4, 0.5) is 8.78 Å². The molecule has 0 unspecified atom stereocenters. The Labute approximate surface area is 129 Å². The highest BCUT2D eigenvalue weighted by Crippen LogP contribution is 2.15. The molecule has 2 aromatic rings. The van der Waals surface area contributed by atoms with E-state index in [0.717, 1.165) is 6.07 Å². The lowest BCUT2D eigenvalue weighted by molar-refractivity contribution is 0.0945. The summed E-state index contributed by atoms with van der Waals surface area (Å²) in [5, 5.41) is 0.132. The number of hydrogen-bond donors (Lipinski definition) is 2. The molecule has 0 spiro atoms. The van der Waals surface area contributed by atoms with Gasteiger partial charge < -0.3 is 0 Å². The van der Waals surface area contributed by atoms with Crippen molar-refractivity contribution in [1.29, 1.82) is 0 Å². The van der Waals surface area contributed by atoms with Crippen LogP contribution in [-0.2, 0) is 10.0 Å². The van der Waals surface area contributed by atoms with Gasteiger partial charge in [0.2, 0.25) is 0 Å². The zero-order valence-corrected chi connectivity index (χ0v) is 12.4. The number of carbonyl (C=O) groups is 1. The second-order valence-electron chi connectivity index (χ2n) is 4.12. The summed E-state index contributed by atoms with van der Waals surface area (Å²) in [5.41, 5.74) is 1.99. The topological polar surface area (TPSA) is 75.3 Å². The van der Waals surface area contributed by atoms with Crippen LogP contribution in [0.5, 0.6) is 0 Å². The van der Waals surface area contributed by atoms with Crippen LogP contribution in [0.25, 0.3) is 0 Å². The number of benzene rings is 2. The zero-order chi connectivity index (χ0) is 16.3. The van der Waals surface area contributed by atoms with Crippen molar-refractivity contribution >= 4 is 27.5 Å². The van der Waals surface area contributed by atoms with Gasteiger partial charge in [-0.15, -0.1) is 4.83 Å². The van der Waals surface area contributed by atoms with Gasteiger partial charge in [-0.1, -0.05) is 23.7 Å². The molecule has 1 amide bonds. The fraction of sp³-hybridized carbons (Fsp3) is 0. The van der Waals surface area contributed by atoms with Crippen LogP contribution < -0.4 is 10.3 Å². The summed E-state index contributed by atoms with van der Waals surface area (Å²) in [5.74, 6) is -3.30. The molecular formula is C13H9ClF2N2O3S. The van der Waals surface area contributed by atoms with Gasteiger partial charge in [-0.3, -0.25) is 10.2 Å². The number of sulfonamides is 1. The minimum Gasteiger partial charge on any atom is -0.273 e. The summed E-state index contributed by atoms with van der Waals surface area (Å²) in [6.07, 6.45) is 0. The van der Waals surface area contributed by atoms with Crippen LogP contribution in [0.1, 0.15) is 10.4 Å². The van der Waals surface area contributed by atoms with Crippen molar-refractivity contribution < 1.29 is 22.0 Å². The second kappa shape index (κ2) is 6.39. The summed E-state index contributed by atoms with van der Waals surface area (Å²) in [6, 6.07) is 8.03. The number of hydrazine groups is 1. The molecule has 0 heterocycles. The standard InChI is InChI=1S/C13H9ClF2N2O3S/c14-10-4-2-1-3-9(10)13(19)17-18-22(20,21)8-5-6-11(15)12(16)7-8/h1-7,18H,(H,17,19). The number of nitrogens with one attached hydrogen (secondary N) is 2. The van der Waals surface area contributed by atoms with E-state index in [9.17, 15) is 22.0 Å². The first-order valence-corrected chi connectivity index (χ1v) is 7.69. The van der Waals surface area contributed by atoms with E-state index in [0.29, 0.717) is 12.1 Å². The van der Waals surface area contributed by atoms with Crippen LogP contribution in [0.2, 0.25) is 5.02 Å². The molecule has 0 aliphatic rings. The Morgan fingerprint density at radius 2 is 1.73 bits per heavy atom. The van der Waals surface area contributed by atoms with Crippen LogP contribution in [-0.4, -0.2) is 14.3 Å². The van der Waals surface area contributed by atoms with Crippen LogP contribution >= 0.6 is 11.6 Å². The first kappa shape index (κ1) is 16.3. The summed E-state index contributed by atoms with van der Waals surface area (Å²) < 4.78 is 49.6. The van der Waals surface area contributed by atoms with Gasteiger partial charge in [0.05, 0.1) is 15.5 Å². The Balaban J connectivity index is 2.14. The third kappa shape index (κ3) is 3.59. The SMILES string of the molecule is O=C(NNS(=O)(=O)c1ccc(F)c(F)c1)c1ccccc1Cl. The van der Waals surface area contributed by atoms with Gasteiger partial charge in [0, 0.05) is 0 Å². The zero-order valence-electron chi connectivity index (χ0n) is 10.8. The fourth-order valence-corrected chi connectivity index (χ4v) is 2.60. The lowest BCUT2D eigenvalue weighted by atomic mass is 10.2. The molecule has 2 aromatic carbocycles. The monoisotopic (exact) mass is 346 g/mol. The smallest absolute Gasteiger partial charge is 0.267 e. The molecular weight excluding hydrogens is 338 g/mol. The van der Waals surface area contributed by atoms with E-state index >= 15 is 0 Å². The molecule has 2 rings (SSSR count). The van der Waals surface area contributed by atoms with E-state index in [-0.39, 0.29) is 10.6 Å². The van der Waals surface area contributed by atoms with Gasteiger partial charge in [0.1, 0.15) is 0 Å². The third-order valence-corrected chi connectivity index (χ3v) is 4.19. The maximum Gasteiger partial charge on any atom is 0.267 e. The predicted molar refractivity (Wildman–Crippen MR) is 75.6 cm³/mol. The van der Waals surface area contributed by atoms with E-state index in [2.05, 4.69) is 0 Å². The van der Waals surface area contributed by atoms with E-state index in [1.165, 1.54) is 12.1 Å². The first-order chi connectivity index (χ1) is 10.3. The number of hydrogen-bond acceptors (Lipinski definition) is 3. The number of rotatable bonds is 4. The predicted octanol–water partition coefficient (Wildman–Crippen LogP) is 2.24. The highest BCUT2D eigenvalue weighted by Gasteiger charge is 2.18. The summed E-state index contributed by atoms with van der Waals surface area (Å²) in [7, 11) is -4.25. The largest absolute Gasteiger partial charge is 0.273 e. The third-order valence-electron chi connectivity index (χ3n) is 2.62. The molecule has 0 bridgehead atoms. The maximum absolute atomic E-state index is 13.1. The summed E-state index contributed by atoms with van der Waals surface area (Å²) >= 11 is 5.79. The minimum absolute atomic E-state index is 0.0529. The van der Waals surface area contributed by atoms with E-state index in [1.54, 1.807) is 17.0 Å². The Morgan fingerprint density at radius 1 is 1.05 bits per heavy atom. The molecule has 116 valence electrons. The van der Waals surface area contributed by atoms with Crippen molar-refractivity contribution in [3.05, 3.63) is 64.7 Å². The highest BCUT2D eigenvalue weighted by molar-refractivity contribution is 7.89. The minimum atomic E-state index is -4.25. The van der Waals surface area contributed by atoms with Crippen molar-refractivity contribution in [2.45, 2.75) is 4.90 Å². The molecule has 0 radical (unpaired) electrons. The van der Waals surface area contributed by atoms with Crippen molar-refractivity contribution in [3.8, 4) is 0 Å². The molecule has 22 heavy (non-hydrogen) atoms. The van der Waals surface area contributed by atoms with Gasteiger partial charge in [0.25, 0.3) is 15.9 Å². The molecule has 0 saturated heterocycles. The van der Waals surface area contributed by atoms with Gasteiger partial charge >= 0.3 is 0 Å². The Kier molecular flexibility index (Phi) is 4.74. The second-order valence-corrected chi connectivity index (χ2v) is 6.20. The van der Waals surface area contributed by atoms with E-state index in [1.807, 2.05) is 5.43 Å². The Hall–Kier alpha value is -2.03. The van der Waals surface area contributed by atoms with Crippen molar-refractivity contribution in [3.63, 3.8) is 0 Å². The number of amides is 1. The van der Waals surface area contributed by atoms with Gasteiger partial charge in [-0.05, 0) is 30.3 Å². The van der Waals surface area contributed by atoms with E-state index < -0.39 is 32.5 Å². The quantitative estimate of drug-likeness (QED) is 0.834. The Bertz CT molecular complexity index is 828. The molecule has 0 aliphatic carbocycles. The molecule has 0 atom stereocenters. The van der Waals surface area contributed by atoms with Crippen molar-refractivity contribution in [2.75, 3.05) is 0 Å². The van der Waals surface area contributed by atoms with Crippen LogP contribution in [0, 0.1) is 11.6 Å². The van der Waals surface area contributed by atoms with Crippen LogP contribution in [0.15, 0.2) is 47.4 Å². The summed E-state index contributed by atoms with van der Waals surface area (Å²) in [4.78, 5) is 13.0. The molecule has 9 heteroatoms. The van der Waals surface area contributed by atoms with Crippen molar-refractivity contribution in [2.24, 2.45) is 0 Å². The normalized spacial score (nSPS) is 11.2. The average molecular weight is 347 g/mol. The Morgan fingerprint density at radius 3 is 2.36 bits per heavy atom. The lowest BCUT2D eigenvalue weighted by Crippen LogP contribution is -2.41. The van der Waals surface area contributed by atoms with Crippen molar-refractivity contribution in [1.82, 2.24) is 10.3 Å². The van der Waals surface area contributed by atoms with Crippen LogP contribution in [0.3, 0.4) is 0 Å². The maximum atomic E-state index is 13.1. The lowest BCUT2D eigenvalue weighted by Gasteiger charge is -2.09. The van der Waals surface area contributed by atoms with Gasteiger partial charge in [-0.25, -0.2) is 17.2 Å². The molecule has 0 saturated carbocycles. The summed E-state index contributed by atoms with van der Waals surface area (Å²) in [6.45, 7) is 0. The van der Waals surface area contributed by atoms with Gasteiger partial charge in [-0.2, -0.15) is 0 Å². The fourth-order valence-electron chi connectivity index (χ4n) is 1.53. The average Bonchev–Trinajstić information content (AvgIpc) is 2.48. The van der Waals surface area contributed by atoms with Gasteiger partial charge in [0.15, 0.2) is 11.6 Å². The molecule has 5 nitrogen and oxygen atoms in total. The number of carbonyl (C=O) groups excluding carboxylic acids is 1. The van der Waals surface area contributed by atoms with E-state index in [4.69, 9.17) is 11.6 Å².